The van der Waals surface area contributed by atoms with Crippen molar-refractivity contribution in [1.29, 1.82) is 0 Å². The molecule has 0 bridgehead atoms. The summed E-state index contributed by atoms with van der Waals surface area (Å²) >= 11 is 0. The molecule has 19 heavy (non-hydrogen) atoms. The molecule has 5 nitrogen and oxygen atoms in total. The first-order valence-corrected chi connectivity index (χ1v) is 6.02. The average molecular weight is 255 g/mol. The second-order valence-corrected chi connectivity index (χ2v) is 4.36. The highest BCUT2D eigenvalue weighted by Crippen LogP contribution is 2.36. The van der Waals surface area contributed by atoms with Crippen LogP contribution in [0.3, 0.4) is 0 Å². The van der Waals surface area contributed by atoms with Gasteiger partial charge in [-0.2, -0.15) is 0 Å². The molecule has 3 rings (SSSR count). The fourth-order valence-corrected chi connectivity index (χ4v) is 2.60. The smallest absolute Gasteiger partial charge is 0.249 e. The maximum atomic E-state index is 11.6. The first kappa shape index (κ1) is 11.5. The number of carbonyl (C=O) groups is 1. The largest absolute Gasteiger partial charge is 0.506 e. The number of amides is 1. The fourth-order valence-electron chi connectivity index (χ4n) is 2.60. The van der Waals surface area contributed by atoms with Crippen LogP contribution in [0.15, 0.2) is 30.6 Å². The van der Waals surface area contributed by atoms with Gasteiger partial charge in [0, 0.05) is 17.5 Å². The standard InChI is InChI=1S/C14H13N3O2/c1-2-17-9-5-3-4-8(14(15)19)12(9)13-10(17)6-16-7-11(13)18/h3-7,18H,2H2,1H3,(H2,15,19). The summed E-state index contributed by atoms with van der Waals surface area (Å²) in [7, 11) is 0. The number of carbonyl (C=O) groups excluding carboxylic acids is 1. The van der Waals surface area contributed by atoms with Crippen molar-refractivity contribution in [2.45, 2.75) is 13.5 Å². The summed E-state index contributed by atoms with van der Waals surface area (Å²) in [5.41, 5.74) is 7.51. The summed E-state index contributed by atoms with van der Waals surface area (Å²) in [6.45, 7) is 2.72. The van der Waals surface area contributed by atoms with Crippen LogP contribution >= 0.6 is 0 Å². The minimum absolute atomic E-state index is 0.0587. The minimum Gasteiger partial charge on any atom is -0.506 e. The molecule has 0 fully saturated rings. The number of nitrogens with zero attached hydrogens (tertiary/aromatic N) is 2. The van der Waals surface area contributed by atoms with E-state index in [2.05, 4.69) is 4.98 Å². The number of hydrogen-bond acceptors (Lipinski definition) is 3. The van der Waals surface area contributed by atoms with E-state index in [-0.39, 0.29) is 5.75 Å². The van der Waals surface area contributed by atoms with Crippen molar-refractivity contribution >= 4 is 27.7 Å². The third-order valence-electron chi connectivity index (χ3n) is 3.36. The molecule has 0 saturated heterocycles. The Balaban J connectivity index is 2.65. The Kier molecular flexibility index (Phi) is 2.41. The summed E-state index contributed by atoms with van der Waals surface area (Å²) < 4.78 is 2.00. The molecule has 0 aliphatic carbocycles. The monoisotopic (exact) mass is 255 g/mol. The van der Waals surface area contributed by atoms with Gasteiger partial charge in [-0.15, -0.1) is 0 Å². The number of rotatable bonds is 2. The van der Waals surface area contributed by atoms with Crippen molar-refractivity contribution in [3.8, 4) is 5.75 Å². The molecule has 3 aromatic rings. The molecule has 2 aromatic heterocycles. The van der Waals surface area contributed by atoms with Gasteiger partial charge in [-0.05, 0) is 19.1 Å². The summed E-state index contributed by atoms with van der Waals surface area (Å²) in [4.78, 5) is 15.6. The van der Waals surface area contributed by atoms with Crippen LogP contribution in [0, 0.1) is 0 Å². The number of hydrogen-bond donors (Lipinski definition) is 2. The molecular formula is C14H13N3O2. The molecule has 1 aromatic carbocycles. The number of aromatic nitrogens is 2. The molecule has 1 amide bonds. The van der Waals surface area contributed by atoms with Crippen molar-refractivity contribution in [3.05, 3.63) is 36.2 Å². The molecule has 0 spiro atoms. The van der Waals surface area contributed by atoms with Gasteiger partial charge in [0.1, 0.15) is 5.75 Å². The van der Waals surface area contributed by atoms with Gasteiger partial charge in [0.05, 0.1) is 28.8 Å². The molecule has 2 heterocycles. The Hall–Kier alpha value is -2.56. The predicted molar refractivity (Wildman–Crippen MR) is 73.1 cm³/mol. The van der Waals surface area contributed by atoms with Gasteiger partial charge in [0.25, 0.3) is 0 Å². The topological polar surface area (TPSA) is 81.1 Å². The number of benzene rings is 1. The van der Waals surface area contributed by atoms with Crippen LogP contribution < -0.4 is 5.73 Å². The third-order valence-corrected chi connectivity index (χ3v) is 3.36. The summed E-state index contributed by atoms with van der Waals surface area (Å²) in [6.07, 6.45) is 3.06. The van der Waals surface area contributed by atoms with Gasteiger partial charge in [0.15, 0.2) is 0 Å². The molecule has 96 valence electrons. The van der Waals surface area contributed by atoms with Crippen LogP contribution in [0.4, 0.5) is 0 Å². The van der Waals surface area contributed by atoms with E-state index in [0.717, 1.165) is 11.0 Å². The van der Waals surface area contributed by atoms with Gasteiger partial charge in [-0.25, -0.2) is 0 Å². The predicted octanol–water partition coefficient (Wildman–Crippen LogP) is 2.01. The Morgan fingerprint density at radius 2 is 2.11 bits per heavy atom. The van der Waals surface area contributed by atoms with Crippen molar-refractivity contribution < 1.29 is 9.90 Å². The summed E-state index contributed by atoms with van der Waals surface area (Å²) in [5.74, 6) is -0.444. The van der Waals surface area contributed by atoms with Gasteiger partial charge < -0.3 is 15.4 Å². The highest BCUT2D eigenvalue weighted by atomic mass is 16.3. The molecule has 0 aliphatic rings. The zero-order valence-electron chi connectivity index (χ0n) is 10.4. The second-order valence-electron chi connectivity index (χ2n) is 4.36. The van der Waals surface area contributed by atoms with Crippen LogP contribution in [0.5, 0.6) is 5.75 Å². The molecule has 3 N–H and O–H groups in total. The normalized spacial score (nSPS) is 11.2. The Bertz CT molecular complexity index is 805. The number of primary amides is 1. The lowest BCUT2D eigenvalue weighted by atomic mass is 10.1. The van der Waals surface area contributed by atoms with Crippen LogP contribution in [0.2, 0.25) is 0 Å². The van der Waals surface area contributed by atoms with E-state index in [4.69, 9.17) is 5.73 Å². The summed E-state index contributed by atoms with van der Waals surface area (Å²) in [5, 5.41) is 11.4. The van der Waals surface area contributed by atoms with Crippen LogP contribution in [-0.4, -0.2) is 20.6 Å². The van der Waals surface area contributed by atoms with E-state index >= 15 is 0 Å². The number of fused-ring (bicyclic) bond motifs is 3. The highest BCUT2D eigenvalue weighted by molar-refractivity contribution is 6.19. The minimum atomic E-state index is -0.503. The molecule has 0 unspecified atom stereocenters. The molecule has 0 saturated carbocycles. The van der Waals surface area contributed by atoms with E-state index in [1.165, 1.54) is 6.20 Å². The van der Waals surface area contributed by atoms with Crippen molar-refractivity contribution in [1.82, 2.24) is 9.55 Å². The Labute approximate surface area is 109 Å². The van der Waals surface area contributed by atoms with E-state index < -0.39 is 5.91 Å². The van der Waals surface area contributed by atoms with Gasteiger partial charge >= 0.3 is 0 Å². The number of nitrogens with two attached hydrogens (primary N) is 1. The van der Waals surface area contributed by atoms with Gasteiger partial charge in [-0.3, -0.25) is 9.78 Å². The molecule has 0 radical (unpaired) electrons. The van der Waals surface area contributed by atoms with Crippen molar-refractivity contribution in [2.24, 2.45) is 5.73 Å². The van der Waals surface area contributed by atoms with E-state index in [9.17, 15) is 9.90 Å². The highest BCUT2D eigenvalue weighted by Gasteiger charge is 2.18. The maximum absolute atomic E-state index is 11.6. The molecule has 5 heteroatoms. The third kappa shape index (κ3) is 1.48. The lowest BCUT2D eigenvalue weighted by molar-refractivity contribution is 0.100. The Morgan fingerprint density at radius 3 is 2.79 bits per heavy atom. The van der Waals surface area contributed by atoms with Crippen LogP contribution in [0.25, 0.3) is 21.8 Å². The number of aryl methyl sites for hydroxylation is 1. The zero-order chi connectivity index (χ0) is 13.6. The fraction of sp³-hybridized carbons (Fsp3) is 0.143. The lowest BCUT2D eigenvalue weighted by Gasteiger charge is -2.02. The van der Waals surface area contributed by atoms with Crippen LogP contribution in [-0.2, 0) is 6.54 Å². The quantitative estimate of drug-likeness (QED) is 0.735. The van der Waals surface area contributed by atoms with E-state index in [1.54, 1.807) is 18.3 Å². The van der Waals surface area contributed by atoms with Crippen molar-refractivity contribution in [2.75, 3.05) is 0 Å². The van der Waals surface area contributed by atoms with Gasteiger partial charge in [0.2, 0.25) is 5.91 Å². The SMILES string of the molecule is CCn1c2cncc(O)c2c2c(C(N)=O)cccc21. The maximum Gasteiger partial charge on any atom is 0.249 e. The number of pyridine rings is 1. The average Bonchev–Trinajstić information content (AvgIpc) is 2.73. The van der Waals surface area contributed by atoms with Gasteiger partial charge in [-0.1, -0.05) is 6.07 Å². The lowest BCUT2D eigenvalue weighted by Crippen LogP contribution is -2.11. The number of aromatic hydroxyl groups is 1. The molecule has 0 aliphatic heterocycles. The van der Waals surface area contributed by atoms with Crippen LogP contribution in [0.1, 0.15) is 17.3 Å². The molecule has 0 atom stereocenters. The zero-order valence-corrected chi connectivity index (χ0v) is 10.4. The first-order valence-electron chi connectivity index (χ1n) is 6.02. The van der Waals surface area contributed by atoms with E-state index in [1.807, 2.05) is 17.6 Å². The summed E-state index contributed by atoms with van der Waals surface area (Å²) in [6, 6.07) is 5.37. The first-order chi connectivity index (χ1) is 9.15. The second kappa shape index (κ2) is 3.98. The molecular weight excluding hydrogens is 242 g/mol. The van der Waals surface area contributed by atoms with Crippen molar-refractivity contribution in [3.63, 3.8) is 0 Å². The Morgan fingerprint density at radius 1 is 1.32 bits per heavy atom. The van der Waals surface area contributed by atoms with E-state index in [0.29, 0.717) is 22.9 Å².